The van der Waals surface area contributed by atoms with E-state index in [1.165, 1.54) is 0 Å². The summed E-state index contributed by atoms with van der Waals surface area (Å²) in [6.45, 7) is 0.291. The van der Waals surface area contributed by atoms with Crippen molar-refractivity contribution in [1.29, 1.82) is 0 Å². The molecule has 1 amide bonds. The molecule has 0 spiro atoms. The number of fused-ring (bicyclic) bond motifs is 2. The highest BCUT2D eigenvalue weighted by atomic mass is 16.2. The van der Waals surface area contributed by atoms with Gasteiger partial charge in [0.1, 0.15) is 5.69 Å². The third-order valence-corrected chi connectivity index (χ3v) is 6.08. The molecule has 0 atom stereocenters. The maximum Gasteiger partial charge on any atom is 0.238 e. The summed E-state index contributed by atoms with van der Waals surface area (Å²) in [6, 6.07) is 18.0. The summed E-state index contributed by atoms with van der Waals surface area (Å²) >= 11 is 0. The Morgan fingerprint density at radius 3 is 2.68 bits per heavy atom. The Bertz CT molecular complexity index is 1740. The number of nitrogens with one attached hydrogen (secondary N) is 3. The molecule has 0 saturated heterocycles. The molecule has 0 saturated carbocycles. The van der Waals surface area contributed by atoms with Gasteiger partial charge in [-0.15, -0.1) is 0 Å². The Kier molecular flexibility index (Phi) is 5.66. The van der Waals surface area contributed by atoms with Crippen LogP contribution in [0.2, 0.25) is 0 Å². The average Bonchev–Trinajstić information content (AvgIpc) is 3.52. The van der Waals surface area contributed by atoms with Gasteiger partial charge in [0, 0.05) is 39.8 Å². The Labute approximate surface area is 212 Å². The number of hydrogen-bond acceptors (Lipinski definition) is 6. The minimum Gasteiger partial charge on any atom is -0.353 e. The SMILES string of the molecule is CN(C)CC(=O)Nc1cncc(-c2cc3c(-c4cc5c(-c6ccccn6)cccc5[nH]4)n[nH]c3cn2)c1. The topological polar surface area (TPSA) is 115 Å². The highest BCUT2D eigenvalue weighted by molar-refractivity contribution is 6.01. The molecule has 0 bridgehead atoms. The van der Waals surface area contributed by atoms with Gasteiger partial charge in [-0.3, -0.25) is 24.8 Å². The summed E-state index contributed by atoms with van der Waals surface area (Å²) < 4.78 is 0. The quantitative estimate of drug-likeness (QED) is 0.312. The predicted molar refractivity (Wildman–Crippen MR) is 145 cm³/mol. The van der Waals surface area contributed by atoms with E-state index >= 15 is 0 Å². The lowest BCUT2D eigenvalue weighted by Gasteiger charge is -2.10. The van der Waals surface area contributed by atoms with Crippen LogP contribution in [-0.2, 0) is 4.79 Å². The van der Waals surface area contributed by atoms with Crippen molar-refractivity contribution < 1.29 is 4.79 Å². The largest absolute Gasteiger partial charge is 0.353 e. The van der Waals surface area contributed by atoms with Gasteiger partial charge in [0.2, 0.25) is 5.91 Å². The fourth-order valence-corrected chi connectivity index (χ4v) is 4.44. The van der Waals surface area contributed by atoms with E-state index < -0.39 is 0 Å². The highest BCUT2D eigenvalue weighted by Crippen LogP contribution is 2.34. The van der Waals surface area contributed by atoms with Crippen LogP contribution in [0, 0.1) is 0 Å². The van der Waals surface area contributed by atoms with Crippen LogP contribution < -0.4 is 5.32 Å². The normalized spacial score (nSPS) is 11.4. The Morgan fingerprint density at radius 1 is 0.919 bits per heavy atom. The number of rotatable bonds is 6. The lowest BCUT2D eigenvalue weighted by molar-refractivity contribution is -0.116. The van der Waals surface area contributed by atoms with Gasteiger partial charge in [0.15, 0.2) is 0 Å². The maximum atomic E-state index is 12.2. The van der Waals surface area contributed by atoms with Crippen LogP contribution >= 0.6 is 0 Å². The molecule has 0 aliphatic carbocycles. The molecule has 37 heavy (non-hydrogen) atoms. The summed E-state index contributed by atoms with van der Waals surface area (Å²) in [7, 11) is 3.70. The van der Waals surface area contributed by atoms with Crippen LogP contribution in [0.15, 0.2) is 79.4 Å². The van der Waals surface area contributed by atoms with Crippen LogP contribution in [0.3, 0.4) is 0 Å². The van der Waals surface area contributed by atoms with E-state index in [2.05, 4.69) is 53.6 Å². The van der Waals surface area contributed by atoms with Crippen LogP contribution in [0.4, 0.5) is 5.69 Å². The zero-order valence-corrected chi connectivity index (χ0v) is 20.4. The first-order valence-electron chi connectivity index (χ1n) is 11.8. The molecule has 182 valence electrons. The van der Waals surface area contributed by atoms with Gasteiger partial charge in [-0.2, -0.15) is 5.10 Å². The van der Waals surface area contributed by atoms with Crippen molar-refractivity contribution >= 4 is 33.4 Å². The second-order valence-corrected chi connectivity index (χ2v) is 9.10. The number of hydrogen-bond donors (Lipinski definition) is 3. The van der Waals surface area contributed by atoms with Crippen molar-refractivity contribution in [3.05, 3.63) is 79.4 Å². The first-order chi connectivity index (χ1) is 18.0. The first kappa shape index (κ1) is 22.6. The van der Waals surface area contributed by atoms with Gasteiger partial charge in [0.25, 0.3) is 0 Å². The lowest BCUT2D eigenvalue weighted by atomic mass is 10.1. The van der Waals surface area contributed by atoms with Crippen molar-refractivity contribution in [2.45, 2.75) is 0 Å². The van der Waals surface area contributed by atoms with Crippen molar-refractivity contribution in [1.82, 2.24) is 35.0 Å². The summed E-state index contributed by atoms with van der Waals surface area (Å²) in [5, 5.41) is 12.6. The molecule has 9 nitrogen and oxygen atoms in total. The van der Waals surface area contributed by atoms with Gasteiger partial charge < -0.3 is 15.2 Å². The molecule has 0 aliphatic rings. The second kappa shape index (κ2) is 9.29. The fourth-order valence-electron chi connectivity index (χ4n) is 4.44. The van der Waals surface area contributed by atoms with Gasteiger partial charge >= 0.3 is 0 Å². The Hall–Kier alpha value is -4.89. The smallest absolute Gasteiger partial charge is 0.238 e. The van der Waals surface area contributed by atoms with E-state index in [0.717, 1.165) is 55.7 Å². The molecule has 5 heterocycles. The number of nitrogens with zero attached hydrogens (tertiary/aromatic N) is 5. The van der Waals surface area contributed by atoms with Gasteiger partial charge in [-0.25, -0.2) is 0 Å². The average molecular weight is 489 g/mol. The Balaban J connectivity index is 1.38. The minimum absolute atomic E-state index is 0.103. The van der Waals surface area contributed by atoms with Crippen LogP contribution in [0.1, 0.15) is 0 Å². The number of aromatic amines is 2. The van der Waals surface area contributed by atoms with E-state index in [1.54, 1.807) is 24.8 Å². The molecule has 0 unspecified atom stereocenters. The third kappa shape index (κ3) is 4.43. The zero-order chi connectivity index (χ0) is 25.4. The van der Waals surface area contributed by atoms with Gasteiger partial charge in [-0.05, 0) is 50.5 Å². The summed E-state index contributed by atoms with van der Waals surface area (Å²) in [5.41, 5.74) is 7.65. The number of amides is 1. The molecule has 5 aromatic heterocycles. The van der Waals surface area contributed by atoms with Gasteiger partial charge in [0.05, 0.1) is 47.2 Å². The molecule has 0 fully saturated rings. The first-order valence-corrected chi connectivity index (χ1v) is 11.8. The van der Waals surface area contributed by atoms with E-state index in [0.29, 0.717) is 12.2 Å². The zero-order valence-electron chi connectivity index (χ0n) is 20.4. The number of H-pyrrole nitrogens is 2. The van der Waals surface area contributed by atoms with Crippen molar-refractivity contribution in [3.63, 3.8) is 0 Å². The van der Waals surface area contributed by atoms with Crippen LogP contribution in [-0.4, -0.2) is 61.6 Å². The second-order valence-electron chi connectivity index (χ2n) is 9.10. The number of pyridine rings is 3. The monoisotopic (exact) mass is 488 g/mol. The van der Waals surface area contributed by atoms with E-state index in [1.807, 2.05) is 55.4 Å². The Morgan fingerprint density at radius 2 is 1.84 bits per heavy atom. The number of benzene rings is 1. The van der Waals surface area contributed by atoms with Gasteiger partial charge in [-0.1, -0.05) is 18.2 Å². The molecule has 9 heteroatoms. The van der Waals surface area contributed by atoms with Crippen LogP contribution in [0.5, 0.6) is 0 Å². The van der Waals surface area contributed by atoms with Crippen LogP contribution in [0.25, 0.3) is 55.7 Å². The standard InChI is InChI=1S/C28H24N8O/c1-36(2)16-27(37)32-18-10-17(13-29-14-18)24-12-21-26(15-31-24)34-35-28(21)25-11-20-19(6-5-8-23(20)33-25)22-7-3-4-9-30-22/h3-15,33H,16H2,1-2H3,(H,32,37)(H,34,35). The number of aromatic nitrogens is 6. The van der Waals surface area contributed by atoms with E-state index in [-0.39, 0.29) is 5.91 Å². The fraction of sp³-hybridized carbons (Fsp3) is 0.107. The molecule has 0 radical (unpaired) electrons. The van der Waals surface area contributed by atoms with Crippen molar-refractivity contribution in [2.75, 3.05) is 26.0 Å². The number of anilines is 1. The van der Waals surface area contributed by atoms with E-state index in [4.69, 9.17) is 0 Å². The summed E-state index contributed by atoms with van der Waals surface area (Å²) in [5.74, 6) is -0.103. The highest BCUT2D eigenvalue weighted by Gasteiger charge is 2.15. The maximum absolute atomic E-state index is 12.2. The molecule has 1 aromatic carbocycles. The molecule has 6 aromatic rings. The molecule has 6 rings (SSSR count). The molecular formula is C28H24N8O. The number of carbonyl (C=O) groups is 1. The minimum atomic E-state index is -0.103. The summed E-state index contributed by atoms with van der Waals surface area (Å²) in [4.78, 5) is 30.9. The molecular weight excluding hydrogens is 464 g/mol. The molecule has 3 N–H and O–H groups in total. The summed E-state index contributed by atoms with van der Waals surface area (Å²) in [6.07, 6.45) is 6.93. The predicted octanol–water partition coefficient (Wildman–Crippen LogP) is 4.73. The number of likely N-dealkylation sites (N-methyl/N-ethyl adjacent to an activating group) is 1. The van der Waals surface area contributed by atoms with Crippen molar-refractivity contribution in [2.24, 2.45) is 0 Å². The third-order valence-electron chi connectivity index (χ3n) is 6.08. The number of carbonyl (C=O) groups excluding carboxylic acids is 1. The van der Waals surface area contributed by atoms with E-state index in [9.17, 15) is 4.79 Å². The van der Waals surface area contributed by atoms with Crippen molar-refractivity contribution in [3.8, 4) is 33.9 Å². The lowest BCUT2D eigenvalue weighted by Crippen LogP contribution is -2.27. The molecule has 0 aliphatic heterocycles.